The molecule has 5 rings (SSSR count). The van der Waals surface area contributed by atoms with E-state index in [1.807, 2.05) is 18.2 Å². The zero-order valence-corrected chi connectivity index (χ0v) is 22.4. The van der Waals surface area contributed by atoms with Crippen molar-refractivity contribution in [2.45, 2.75) is 53.0 Å². The first-order chi connectivity index (χ1) is 18.1. The number of benzene rings is 2. The molecule has 2 aromatic carbocycles. The predicted molar refractivity (Wildman–Crippen MR) is 158 cm³/mol. The molecular formula is C34H39N3. The van der Waals surface area contributed by atoms with Gasteiger partial charge in [0.2, 0.25) is 0 Å². The minimum Gasteiger partial charge on any atom is -0.384 e. The second kappa shape index (κ2) is 12.9. The summed E-state index contributed by atoms with van der Waals surface area (Å²) >= 11 is 0. The van der Waals surface area contributed by atoms with E-state index >= 15 is 0 Å². The van der Waals surface area contributed by atoms with E-state index in [0.717, 1.165) is 18.5 Å². The molecule has 2 heterocycles. The fraction of sp³-hybridized carbons (Fsp3) is 0.265. The largest absolute Gasteiger partial charge is 0.384 e. The quantitative estimate of drug-likeness (QED) is 0.283. The van der Waals surface area contributed by atoms with Crippen LogP contribution in [-0.4, -0.2) is 9.55 Å². The molecule has 190 valence electrons. The SMILES string of the molecule is CCCC.Cc1ccccc1-c1ccc(C2=CCC(Cc3ccccc3)C=C2)n1Cc1cccc(N)n1. The summed E-state index contributed by atoms with van der Waals surface area (Å²) in [6.45, 7) is 7.20. The highest BCUT2D eigenvalue weighted by Crippen LogP contribution is 2.32. The molecule has 0 aliphatic heterocycles. The third kappa shape index (κ3) is 6.89. The Balaban J connectivity index is 0.000000747. The Labute approximate surface area is 222 Å². The number of allylic oxidation sites excluding steroid dienone is 4. The van der Waals surface area contributed by atoms with Crippen LogP contribution in [0.25, 0.3) is 16.8 Å². The van der Waals surface area contributed by atoms with Crippen LogP contribution >= 0.6 is 0 Å². The van der Waals surface area contributed by atoms with Crippen molar-refractivity contribution >= 4 is 11.4 Å². The number of aryl methyl sites for hydroxylation is 1. The van der Waals surface area contributed by atoms with Crippen LogP contribution in [0.3, 0.4) is 0 Å². The van der Waals surface area contributed by atoms with Gasteiger partial charge in [0.25, 0.3) is 0 Å². The van der Waals surface area contributed by atoms with Gasteiger partial charge in [0.15, 0.2) is 0 Å². The smallest absolute Gasteiger partial charge is 0.123 e. The average Bonchev–Trinajstić information content (AvgIpc) is 3.33. The third-order valence-corrected chi connectivity index (χ3v) is 6.88. The lowest BCUT2D eigenvalue weighted by atomic mass is 9.90. The summed E-state index contributed by atoms with van der Waals surface area (Å²) in [5, 5.41) is 0. The van der Waals surface area contributed by atoms with Crippen molar-refractivity contribution in [2.75, 3.05) is 5.73 Å². The van der Waals surface area contributed by atoms with Gasteiger partial charge in [-0.25, -0.2) is 4.98 Å². The number of hydrogen-bond donors (Lipinski definition) is 1. The molecule has 3 heteroatoms. The Bertz CT molecular complexity index is 1340. The van der Waals surface area contributed by atoms with Crippen molar-refractivity contribution < 1.29 is 0 Å². The summed E-state index contributed by atoms with van der Waals surface area (Å²) in [5.74, 6) is 1.09. The number of unbranched alkanes of at least 4 members (excludes halogenated alkanes) is 1. The highest BCUT2D eigenvalue weighted by Gasteiger charge is 2.17. The minimum absolute atomic E-state index is 0.533. The molecule has 1 unspecified atom stereocenters. The molecule has 0 saturated heterocycles. The number of nitrogens with zero attached hydrogens (tertiary/aromatic N) is 2. The number of pyridine rings is 1. The monoisotopic (exact) mass is 489 g/mol. The normalized spacial score (nSPS) is 14.6. The number of rotatable bonds is 7. The van der Waals surface area contributed by atoms with Crippen LogP contribution in [0.4, 0.5) is 5.82 Å². The van der Waals surface area contributed by atoms with E-state index in [9.17, 15) is 0 Å². The molecule has 3 nitrogen and oxygen atoms in total. The summed E-state index contributed by atoms with van der Waals surface area (Å²) in [5.41, 5.74) is 14.5. The number of hydrogen-bond acceptors (Lipinski definition) is 2. The summed E-state index contributed by atoms with van der Waals surface area (Å²) in [6.07, 6.45) is 11.8. The first kappa shape index (κ1) is 26.2. The van der Waals surface area contributed by atoms with E-state index in [1.165, 1.54) is 46.5 Å². The van der Waals surface area contributed by atoms with E-state index in [1.54, 1.807) is 0 Å². The number of nitrogen functional groups attached to an aromatic ring is 1. The van der Waals surface area contributed by atoms with Gasteiger partial charge in [-0.15, -0.1) is 0 Å². The molecule has 0 fully saturated rings. The maximum atomic E-state index is 5.98. The second-order valence-electron chi connectivity index (χ2n) is 9.76. The van der Waals surface area contributed by atoms with E-state index in [-0.39, 0.29) is 0 Å². The molecule has 2 aromatic heterocycles. The topological polar surface area (TPSA) is 43.8 Å². The molecule has 0 bridgehead atoms. The number of nitrogens with two attached hydrogens (primary N) is 1. The molecule has 0 spiro atoms. The van der Waals surface area contributed by atoms with Gasteiger partial charge in [0, 0.05) is 17.0 Å². The van der Waals surface area contributed by atoms with Crippen LogP contribution in [0.5, 0.6) is 0 Å². The standard InChI is InChI=1S/C30H29N3.C4H10/c1-22-8-5-6-12-27(22)29-19-18-28(33(29)21-26-11-7-13-30(31)32-26)25-16-14-24(15-17-25)20-23-9-3-2-4-10-23;1-3-4-2/h2-14,16-19,24H,15,20-21H2,1H3,(H2,31,32);3-4H2,1-2H3. The molecule has 0 saturated carbocycles. The van der Waals surface area contributed by atoms with Gasteiger partial charge in [0.1, 0.15) is 5.82 Å². The van der Waals surface area contributed by atoms with Crippen molar-refractivity contribution in [3.63, 3.8) is 0 Å². The van der Waals surface area contributed by atoms with Crippen LogP contribution in [0.1, 0.15) is 55.6 Å². The summed E-state index contributed by atoms with van der Waals surface area (Å²) in [6, 6.07) is 29.6. The van der Waals surface area contributed by atoms with E-state index < -0.39 is 0 Å². The van der Waals surface area contributed by atoms with Gasteiger partial charge in [-0.05, 0) is 66.6 Å². The van der Waals surface area contributed by atoms with Crippen molar-refractivity contribution in [1.82, 2.24) is 9.55 Å². The lowest BCUT2D eigenvalue weighted by Gasteiger charge is -2.19. The Hall–Kier alpha value is -3.85. The van der Waals surface area contributed by atoms with Crippen molar-refractivity contribution in [3.8, 4) is 11.3 Å². The second-order valence-corrected chi connectivity index (χ2v) is 9.76. The maximum absolute atomic E-state index is 5.98. The highest BCUT2D eigenvalue weighted by atomic mass is 15.0. The van der Waals surface area contributed by atoms with Gasteiger partial charge in [0.05, 0.1) is 12.2 Å². The summed E-state index contributed by atoms with van der Waals surface area (Å²) in [7, 11) is 0. The van der Waals surface area contributed by atoms with Crippen LogP contribution in [0, 0.1) is 12.8 Å². The van der Waals surface area contributed by atoms with Crippen LogP contribution in [-0.2, 0) is 13.0 Å². The molecule has 0 amide bonds. The molecule has 1 aliphatic carbocycles. The van der Waals surface area contributed by atoms with E-state index in [2.05, 4.69) is 115 Å². The maximum Gasteiger partial charge on any atom is 0.123 e. The summed E-state index contributed by atoms with van der Waals surface area (Å²) in [4.78, 5) is 4.57. The first-order valence-electron chi connectivity index (χ1n) is 13.5. The minimum atomic E-state index is 0.533. The van der Waals surface area contributed by atoms with Crippen molar-refractivity contribution in [3.05, 3.63) is 126 Å². The third-order valence-electron chi connectivity index (χ3n) is 6.88. The van der Waals surface area contributed by atoms with Gasteiger partial charge >= 0.3 is 0 Å². The lowest BCUT2D eigenvalue weighted by molar-refractivity contribution is 0.654. The van der Waals surface area contributed by atoms with Gasteiger partial charge in [-0.3, -0.25) is 0 Å². The van der Waals surface area contributed by atoms with Crippen molar-refractivity contribution in [1.29, 1.82) is 0 Å². The van der Waals surface area contributed by atoms with Gasteiger partial charge < -0.3 is 10.3 Å². The molecular weight excluding hydrogens is 450 g/mol. The fourth-order valence-corrected chi connectivity index (χ4v) is 4.66. The molecule has 1 atom stereocenters. The van der Waals surface area contributed by atoms with E-state index in [4.69, 9.17) is 5.73 Å². The molecule has 2 N–H and O–H groups in total. The number of anilines is 1. The zero-order valence-electron chi connectivity index (χ0n) is 22.4. The molecule has 4 aromatic rings. The Kier molecular flexibility index (Phi) is 9.15. The van der Waals surface area contributed by atoms with Crippen LogP contribution < -0.4 is 5.73 Å². The lowest BCUT2D eigenvalue weighted by Crippen LogP contribution is -2.10. The molecule has 1 aliphatic rings. The molecule has 37 heavy (non-hydrogen) atoms. The first-order valence-corrected chi connectivity index (χ1v) is 13.5. The molecule has 0 radical (unpaired) electrons. The Morgan fingerprint density at radius 1 is 0.838 bits per heavy atom. The van der Waals surface area contributed by atoms with Crippen LogP contribution in [0.15, 0.2) is 103 Å². The van der Waals surface area contributed by atoms with E-state index in [0.29, 0.717) is 18.3 Å². The fourth-order valence-electron chi connectivity index (χ4n) is 4.66. The van der Waals surface area contributed by atoms with Crippen molar-refractivity contribution in [2.24, 2.45) is 5.92 Å². The number of aromatic nitrogens is 2. The summed E-state index contributed by atoms with van der Waals surface area (Å²) < 4.78 is 2.37. The highest BCUT2D eigenvalue weighted by molar-refractivity contribution is 5.77. The zero-order chi connectivity index (χ0) is 26.0. The Morgan fingerprint density at radius 3 is 2.24 bits per heavy atom. The Morgan fingerprint density at radius 2 is 1.57 bits per heavy atom. The average molecular weight is 490 g/mol. The predicted octanol–water partition coefficient (Wildman–Crippen LogP) is 8.50. The van der Waals surface area contributed by atoms with Gasteiger partial charge in [-0.1, -0.05) is 106 Å². The van der Waals surface area contributed by atoms with Gasteiger partial charge in [-0.2, -0.15) is 0 Å². The van der Waals surface area contributed by atoms with Crippen LogP contribution in [0.2, 0.25) is 0 Å².